The molecule has 0 saturated carbocycles. The van der Waals surface area contributed by atoms with Crippen LogP contribution in [0, 0.1) is 0 Å². The number of aromatic nitrogens is 4. The van der Waals surface area contributed by atoms with Crippen LogP contribution < -0.4 is 5.32 Å². The van der Waals surface area contributed by atoms with Gasteiger partial charge in [0.2, 0.25) is 5.28 Å². The number of nitrogens with zero attached hydrogens (tertiary/aromatic N) is 4. The molecule has 5 N–H and O–H groups in total. The summed E-state index contributed by atoms with van der Waals surface area (Å²) in [6, 6.07) is 0. The van der Waals surface area contributed by atoms with Crippen molar-refractivity contribution in [2.24, 2.45) is 0 Å². The van der Waals surface area contributed by atoms with Crippen LogP contribution in [0.1, 0.15) is 6.23 Å². The quantitative estimate of drug-likeness (QED) is 0.372. The van der Waals surface area contributed by atoms with Crippen LogP contribution >= 0.6 is 11.6 Å². The average Bonchev–Trinajstić information content (AvgIpc) is 3.23. The van der Waals surface area contributed by atoms with E-state index in [2.05, 4.69) is 20.3 Å². The van der Waals surface area contributed by atoms with Crippen LogP contribution in [0.4, 0.5) is 14.6 Å². The van der Waals surface area contributed by atoms with Gasteiger partial charge in [-0.1, -0.05) is 0 Å². The number of hydrogen-bond acceptors (Lipinski definition) is 10. The lowest BCUT2D eigenvalue weighted by Gasteiger charge is -2.34. The van der Waals surface area contributed by atoms with Crippen LogP contribution in [0.15, 0.2) is 6.33 Å². The smallest absolute Gasteiger partial charge is 0.226 e. The Hall–Kier alpha value is -1.74. The molecular formula is C15H18ClF2N5O6. The monoisotopic (exact) mass is 437 g/mol. The molecule has 2 aliphatic heterocycles. The van der Waals surface area contributed by atoms with E-state index in [0.717, 1.165) is 0 Å². The van der Waals surface area contributed by atoms with Crippen molar-refractivity contribution >= 4 is 28.6 Å². The summed E-state index contributed by atoms with van der Waals surface area (Å²) in [5, 5.41) is 40.5. The van der Waals surface area contributed by atoms with Gasteiger partial charge < -0.3 is 35.2 Å². The van der Waals surface area contributed by atoms with Gasteiger partial charge in [-0.2, -0.15) is 9.97 Å². The number of anilines is 1. The Morgan fingerprint density at radius 2 is 1.97 bits per heavy atom. The first-order valence-corrected chi connectivity index (χ1v) is 9.06. The minimum Gasteiger partial charge on any atom is -0.394 e. The molecule has 2 saturated heterocycles. The maximum absolute atomic E-state index is 14.5. The average molecular weight is 438 g/mol. The third kappa shape index (κ3) is 3.52. The van der Waals surface area contributed by atoms with E-state index in [1.807, 2.05) is 0 Å². The zero-order chi connectivity index (χ0) is 20.9. The molecule has 0 bridgehead atoms. The Balaban J connectivity index is 1.66. The number of alkyl halides is 2. The van der Waals surface area contributed by atoms with Gasteiger partial charge in [-0.15, -0.1) is 0 Å². The highest BCUT2D eigenvalue weighted by Gasteiger charge is 2.45. The molecule has 0 amide bonds. The second-order valence-corrected chi connectivity index (χ2v) is 7.09. The number of rotatable bonds is 4. The number of fused-ring (bicyclic) bond motifs is 1. The fourth-order valence-electron chi connectivity index (χ4n) is 3.30. The predicted molar refractivity (Wildman–Crippen MR) is 92.5 cm³/mol. The van der Waals surface area contributed by atoms with Crippen molar-refractivity contribution in [1.29, 1.82) is 0 Å². The molecule has 4 heterocycles. The molecule has 2 aromatic rings. The highest BCUT2D eigenvalue weighted by atomic mass is 35.5. The summed E-state index contributed by atoms with van der Waals surface area (Å²) in [4.78, 5) is 12.0. The lowest BCUT2D eigenvalue weighted by molar-refractivity contribution is -0.155. The van der Waals surface area contributed by atoms with Crippen molar-refractivity contribution in [3.8, 4) is 0 Å². The molecule has 0 spiro atoms. The zero-order valence-corrected chi connectivity index (χ0v) is 15.4. The number of halogens is 3. The van der Waals surface area contributed by atoms with Gasteiger partial charge in [-0.25, -0.2) is 13.8 Å². The van der Waals surface area contributed by atoms with Crippen molar-refractivity contribution in [2.45, 2.75) is 49.2 Å². The lowest BCUT2D eigenvalue weighted by Crippen LogP contribution is -2.53. The summed E-state index contributed by atoms with van der Waals surface area (Å²) in [5.74, 6) is -0.0531. The molecule has 11 nitrogen and oxygen atoms in total. The van der Waals surface area contributed by atoms with E-state index < -0.39 is 55.8 Å². The van der Waals surface area contributed by atoms with Crippen LogP contribution in [-0.2, 0) is 9.47 Å². The molecule has 2 fully saturated rings. The number of aliphatic hydroxyl groups excluding tert-OH is 4. The summed E-state index contributed by atoms with van der Waals surface area (Å²) in [7, 11) is 0. The van der Waals surface area contributed by atoms with E-state index in [1.165, 1.54) is 10.9 Å². The van der Waals surface area contributed by atoms with Gasteiger partial charge in [0.25, 0.3) is 0 Å². The molecule has 2 aromatic heterocycles. The SMILES string of the molecule is OC[C@H]1O[C@@H](n2cnc3c(N[C@@H]4OC[C@@H](O)[C@@H](O)[C@@H]4F)nc(Cl)nc32)[C@@H](F)[C@@H]1O. The van der Waals surface area contributed by atoms with Crippen molar-refractivity contribution < 1.29 is 38.7 Å². The topological polar surface area (TPSA) is 155 Å². The van der Waals surface area contributed by atoms with Gasteiger partial charge >= 0.3 is 0 Å². The fourth-order valence-corrected chi connectivity index (χ4v) is 3.46. The van der Waals surface area contributed by atoms with Gasteiger partial charge in [0, 0.05) is 0 Å². The lowest BCUT2D eigenvalue weighted by atomic mass is 10.1. The molecular weight excluding hydrogens is 420 g/mol. The number of ether oxygens (including phenoxy) is 2. The molecule has 160 valence electrons. The van der Waals surface area contributed by atoms with Gasteiger partial charge in [0.15, 0.2) is 41.8 Å². The van der Waals surface area contributed by atoms with Crippen LogP contribution in [0.3, 0.4) is 0 Å². The number of nitrogens with one attached hydrogen (secondary N) is 1. The first-order chi connectivity index (χ1) is 13.8. The van der Waals surface area contributed by atoms with E-state index in [-0.39, 0.29) is 28.9 Å². The maximum Gasteiger partial charge on any atom is 0.226 e. The second-order valence-electron chi connectivity index (χ2n) is 6.75. The van der Waals surface area contributed by atoms with E-state index in [4.69, 9.17) is 21.1 Å². The van der Waals surface area contributed by atoms with E-state index in [0.29, 0.717) is 0 Å². The minimum atomic E-state index is -1.97. The van der Waals surface area contributed by atoms with Gasteiger partial charge in [0.05, 0.1) is 19.5 Å². The summed E-state index contributed by atoms with van der Waals surface area (Å²) in [6.45, 7) is -0.895. The zero-order valence-electron chi connectivity index (χ0n) is 14.6. The van der Waals surface area contributed by atoms with Crippen LogP contribution in [-0.4, -0.2) is 96.1 Å². The molecule has 0 aliphatic carbocycles. The highest BCUT2D eigenvalue weighted by Crippen LogP contribution is 2.35. The molecule has 0 aromatic carbocycles. The molecule has 14 heteroatoms. The van der Waals surface area contributed by atoms with Crippen molar-refractivity contribution in [3.05, 3.63) is 11.6 Å². The Morgan fingerprint density at radius 3 is 2.66 bits per heavy atom. The van der Waals surface area contributed by atoms with Crippen LogP contribution in [0.2, 0.25) is 5.28 Å². The first kappa shape index (κ1) is 20.5. The normalized spacial score (nSPS) is 37.9. The first-order valence-electron chi connectivity index (χ1n) is 8.68. The van der Waals surface area contributed by atoms with Crippen LogP contribution in [0.5, 0.6) is 0 Å². The van der Waals surface area contributed by atoms with Gasteiger partial charge in [-0.05, 0) is 11.6 Å². The molecule has 8 atom stereocenters. The second kappa shape index (κ2) is 7.83. The molecule has 4 rings (SSSR count). The van der Waals surface area contributed by atoms with Gasteiger partial charge in [0.1, 0.15) is 24.4 Å². The molecule has 2 aliphatic rings. The summed E-state index contributed by atoms with van der Waals surface area (Å²) < 4.78 is 40.4. The van der Waals surface area contributed by atoms with E-state index in [1.54, 1.807) is 0 Å². The van der Waals surface area contributed by atoms with Crippen molar-refractivity contribution in [1.82, 2.24) is 19.5 Å². The number of imidazole rings is 1. The van der Waals surface area contributed by atoms with E-state index in [9.17, 15) is 29.2 Å². The van der Waals surface area contributed by atoms with Crippen LogP contribution in [0.25, 0.3) is 11.2 Å². The summed E-state index contributed by atoms with van der Waals surface area (Å²) >= 11 is 5.94. The number of aliphatic hydroxyl groups is 4. The largest absolute Gasteiger partial charge is 0.394 e. The Labute approximate surface area is 166 Å². The molecule has 0 radical (unpaired) electrons. The summed E-state index contributed by atoms with van der Waals surface area (Å²) in [6.07, 6.45) is -11.1. The molecule has 29 heavy (non-hydrogen) atoms. The van der Waals surface area contributed by atoms with Crippen molar-refractivity contribution in [2.75, 3.05) is 18.5 Å². The third-order valence-corrected chi connectivity index (χ3v) is 5.05. The summed E-state index contributed by atoms with van der Waals surface area (Å²) in [5.41, 5.74) is 0.0984. The minimum absolute atomic E-state index is 0.0257. The maximum atomic E-state index is 14.5. The molecule has 0 unspecified atom stereocenters. The number of hydrogen-bond donors (Lipinski definition) is 5. The Kier molecular flexibility index (Phi) is 5.54. The van der Waals surface area contributed by atoms with E-state index >= 15 is 0 Å². The van der Waals surface area contributed by atoms with Crippen molar-refractivity contribution in [3.63, 3.8) is 0 Å². The third-order valence-electron chi connectivity index (χ3n) is 4.88. The van der Waals surface area contributed by atoms with Gasteiger partial charge in [-0.3, -0.25) is 4.57 Å². The fraction of sp³-hybridized carbons (Fsp3) is 0.667. The highest BCUT2D eigenvalue weighted by molar-refractivity contribution is 6.28. The standard InChI is InChI=1S/C15H18ClF2N5O6/c16-15-21-11(20-13-6(17)9(26)4(25)2-28-13)8-12(22-15)23(3-19-8)14-7(18)10(27)5(1-24)29-14/h3-7,9-10,13-14,24-27H,1-2H2,(H,20,21,22)/t4-,5-,6+,7+,9-,10-,13-,14-/m1/s1. The Bertz CT molecular complexity index is 892. The Morgan fingerprint density at radius 1 is 1.21 bits per heavy atom. The predicted octanol–water partition coefficient (Wildman–Crippen LogP) is -1.10.